The Morgan fingerprint density at radius 3 is 2.46 bits per heavy atom. The lowest BCUT2D eigenvalue weighted by atomic mass is 9.78. The molecule has 4 bridgehead atoms. The quantitative estimate of drug-likeness (QED) is 0.592. The fourth-order valence-electron chi connectivity index (χ4n) is 6.79. The number of fused-ring (bicyclic) bond motifs is 6. The molecule has 1 N–H and O–H groups in total. The Bertz CT molecular complexity index is 1350. The highest BCUT2D eigenvalue weighted by Gasteiger charge is 2.45. The summed E-state index contributed by atoms with van der Waals surface area (Å²) in [4.78, 5) is 28.7. The topological polar surface area (TPSA) is 105 Å². The Morgan fingerprint density at radius 2 is 1.71 bits per heavy atom. The number of carbonyl (C=O) groups is 2. The molecule has 0 spiro atoms. The zero-order valence-corrected chi connectivity index (χ0v) is 24.8. The zero-order chi connectivity index (χ0) is 29.0. The molecular formula is C31H41N3O6S. The highest BCUT2D eigenvalue weighted by Crippen LogP contribution is 2.38. The molecule has 3 aliphatic rings. The van der Waals surface area contributed by atoms with E-state index in [0.29, 0.717) is 74.7 Å². The molecule has 9 nitrogen and oxygen atoms in total. The van der Waals surface area contributed by atoms with Gasteiger partial charge in [0.2, 0.25) is 21.8 Å². The second-order valence-electron chi connectivity index (χ2n) is 11.4. The van der Waals surface area contributed by atoms with Crippen molar-refractivity contribution in [2.75, 3.05) is 40.4 Å². The number of nitrogens with zero attached hydrogens (tertiary/aromatic N) is 2. The van der Waals surface area contributed by atoms with E-state index >= 15 is 0 Å². The number of amides is 2. The van der Waals surface area contributed by atoms with E-state index < -0.39 is 10.0 Å². The van der Waals surface area contributed by atoms with Gasteiger partial charge >= 0.3 is 0 Å². The van der Waals surface area contributed by atoms with Crippen LogP contribution in [0.15, 0.2) is 47.4 Å². The highest BCUT2D eigenvalue weighted by atomic mass is 32.2. The molecule has 3 atom stereocenters. The average Bonchev–Trinajstić information content (AvgIpc) is 2.98. The molecule has 0 radical (unpaired) electrons. The highest BCUT2D eigenvalue weighted by molar-refractivity contribution is 7.89. The van der Waals surface area contributed by atoms with Gasteiger partial charge < -0.3 is 19.7 Å². The van der Waals surface area contributed by atoms with Crippen LogP contribution in [-0.4, -0.2) is 75.9 Å². The Kier molecular flexibility index (Phi) is 9.19. The van der Waals surface area contributed by atoms with E-state index in [1.807, 2.05) is 17.0 Å². The van der Waals surface area contributed by atoms with Crippen LogP contribution >= 0.6 is 0 Å². The number of piperidine rings is 2. The van der Waals surface area contributed by atoms with E-state index in [9.17, 15) is 18.0 Å². The molecule has 0 aliphatic carbocycles. The molecule has 2 saturated heterocycles. The molecule has 2 aromatic rings. The smallest absolute Gasteiger partial charge is 0.243 e. The monoisotopic (exact) mass is 583 g/mol. The van der Waals surface area contributed by atoms with Crippen molar-refractivity contribution in [3.05, 3.63) is 53.6 Å². The van der Waals surface area contributed by atoms with Crippen LogP contribution < -0.4 is 14.8 Å². The van der Waals surface area contributed by atoms with Gasteiger partial charge in [-0.2, -0.15) is 4.31 Å². The second kappa shape index (κ2) is 12.8. The van der Waals surface area contributed by atoms with Crippen molar-refractivity contribution in [2.24, 2.45) is 11.8 Å². The first-order chi connectivity index (χ1) is 19.8. The SMILES string of the molecule is COc1cc2cc(c1OC)CCCNC(=O)CCC[C@H]1[C@@H]3C[C@H](CN1C(=O)CC2)CN(S(=O)(=O)c1ccccc1)C3. The van der Waals surface area contributed by atoms with Crippen molar-refractivity contribution in [3.63, 3.8) is 0 Å². The molecule has 2 aromatic carbocycles. The van der Waals surface area contributed by atoms with Gasteiger partial charge in [-0.1, -0.05) is 24.3 Å². The van der Waals surface area contributed by atoms with Crippen LogP contribution in [0.2, 0.25) is 0 Å². The standard InChI is InChI=1S/C31H41N3O6S/c1-39-28-18-22-13-14-30(36)34-20-23-17-25(21-33(19-23)41(37,38)26-9-4-3-5-10-26)27(34)11-6-12-29(35)32-15-7-8-24(16-22)31(28)40-2/h3-5,9-10,16,18,23,25,27H,6-8,11-15,17,19-21H2,1-2H3,(H,32,35)/t23-,25+,27-/m0/s1. The first-order valence-corrected chi connectivity index (χ1v) is 16.1. The zero-order valence-electron chi connectivity index (χ0n) is 24.0. The number of ether oxygens (including phenoxy) is 2. The minimum atomic E-state index is -3.62. The average molecular weight is 584 g/mol. The van der Waals surface area contributed by atoms with Crippen molar-refractivity contribution in [2.45, 2.75) is 62.3 Å². The lowest BCUT2D eigenvalue weighted by Gasteiger charge is -2.50. The Labute approximate surface area is 243 Å². The molecule has 0 aromatic heterocycles. The third-order valence-corrected chi connectivity index (χ3v) is 10.6. The maximum atomic E-state index is 13.8. The summed E-state index contributed by atoms with van der Waals surface area (Å²) >= 11 is 0. The molecule has 3 heterocycles. The fraction of sp³-hybridized carbons (Fsp3) is 0.548. The van der Waals surface area contributed by atoms with E-state index in [4.69, 9.17) is 9.47 Å². The third kappa shape index (κ3) is 6.54. The van der Waals surface area contributed by atoms with E-state index in [2.05, 4.69) is 11.4 Å². The first kappa shape index (κ1) is 29.4. The fourth-order valence-corrected chi connectivity index (χ4v) is 8.39. The summed E-state index contributed by atoms with van der Waals surface area (Å²) in [6.45, 7) is 1.89. The molecule has 41 heavy (non-hydrogen) atoms. The van der Waals surface area contributed by atoms with Crippen LogP contribution in [0.4, 0.5) is 0 Å². The third-order valence-electron chi connectivity index (χ3n) is 8.73. The molecule has 2 fully saturated rings. The summed E-state index contributed by atoms with van der Waals surface area (Å²) in [5, 5.41) is 3.03. The van der Waals surface area contributed by atoms with E-state index in [0.717, 1.165) is 30.4 Å². The van der Waals surface area contributed by atoms with Gasteiger partial charge in [-0.15, -0.1) is 0 Å². The van der Waals surface area contributed by atoms with Crippen LogP contribution in [0, 0.1) is 11.8 Å². The summed E-state index contributed by atoms with van der Waals surface area (Å²) in [7, 11) is -0.384. The lowest BCUT2D eigenvalue weighted by Crippen LogP contribution is -2.60. The predicted octanol–water partition coefficient (Wildman–Crippen LogP) is 3.41. The maximum Gasteiger partial charge on any atom is 0.243 e. The summed E-state index contributed by atoms with van der Waals surface area (Å²) in [5.74, 6) is 1.51. The van der Waals surface area contributed by atoms with Gasteiger partial charge in [0.05, 0.1) is 19.1 Å². The van der Waals surface area contributed by atoms with Crippen LogP contribution in [0.25, 0.3) is 0 Å². The summed E-state index contributed by atoms with van der Waals surface area (Å²) in [6.07, 6.45) is 5.02. The van der Waals surface area contributed by atoms with Crippen molar-refractivity contribution < 1.29 is 27.5 Å². The molecule has 0 saturated carbocycles. The van der Waals surface area contributed by atoms with E-state index in [1.54, 1.807) is 42.8 Å². The Balaban J connectivity index is 1.39. The number of hydrogen-bond donors (Lipinski definition) is 1. The van der Waals surface area contributed by atoms with Gasteiger partial charge in [0.1, 0.15) is 0 Å². The number of carbonyl (C=O) groups excluding carboxylic acids is 2. The van der Waals surface area contributed by atoms with Gasteiger partial charge in [0.25, 0.3) is 0 Å². The largest absolute Gasteiger partial charge is 0.493 e. The van der Waals surface area contributed by atoms with Gasteiger partial charge in [-0.05, 0) is 79.7 Å². The molecule has 5 rings (SSSR count). The number of aryl methyl sites for hydroxylation is 2. The van der Waals surface area contributed by atoms with Crippen molar-refractivity contribution in [1.82, 2.24) is 14.5 Å². The molecule has 3 aliphatic heterocycles. The molecule has 0 unspecified atom stereocenters. The van der Waals surface area contributed by atoms with Crippen LogP contribution in [0.1, 0.15) is 49.7 Å². The van der Waals surface area contributed by atoms with Gasteiger partial charge in [-0.25, -0.2) is 8.42 Å². The summed E-state index contributed by atoms with van der Waals surface area (Å²) in [5.41, 5.74) is 2.01. The molecule has 10 heteroatoms. The van der Waals surface area contributed by atoms with E-state index in [-0.39, 0.29) is 29.7 Å². The van der Waals surface area contributed by atoms with Gasteiger partial charge in [0.15, 0.2) is 11.5 Å². The number of benzene rings is 2. The number of methoxy groups -OCH3 is 2. The predicted molar refractivity (Wildman–Crippen MR) is 155 cm³/mol. The normalized spacial score (nSPS) is 24.7. The summed E-state index contributed by atoms with van der Waals surface area (Å²) in [6, 6.07) is 12.5. The Morgan fingerprint density at radius 1 is 0.902 bits per heavy atom. The van der Waals surface area contributed by atoms with Crippen molar-refractivity contribution >= 4 is 21.8 Å². The van der Waals surface area contributed by atoms with Crippen molar-refractivity contribution in [3.8, 4) is 11.5 Å². The first-order valence-electron chi connectivity index (χ1n) is 14.6. The maximum absolute atomic E-state index is 13.8. The Hall–Kier alpha value is -3.11. The van der Waals surface area contributed by atoms with Crippen molar-refractivity contribution in [1.29, 1.82) is 0 Å². The molecular weight excluding hydrogens is 542 g/mol. The minimum absolute atomic E-state index is 0.00104. The molecule has 2 amide bonds. The van der Waals surface area contributed by atoms with Crippen LogP contribution in [0.5, 0.6) is 11.5 Å². The van der Waals surface area contributed by atoms with Crippen LogP contribution in [0.3, 0.4) is 0 Å². The summed E-state index contributed by atoms with van der Waals surface area (Å²) < 4.78 is 39.8. The van der Waals surface area contributed by atoms with Gasteiger partial charge in [-0.3, -0.25) is 9.59 Å². The second-order valence-corrected chi connectivity index (χ2v) is 13.4. The number of nitrogens with one attached hydrogen (secondary N) is 1. The number of rotatable bonds is 4. The van der Waals surface area contributed by atoms with Gasteiger partial charge in [0, 0.05) is 45.1 Å². The number of sulfonamides is 1. The number of hydrogen-bond acceptors (Lipinski definition) is 6. The van der Waals surface area contributed by atoms with Crippen LogP contribution in [-0.2, 0) is 32.5 Å². The molecule has 222 valence electrons. The lowest BCUT2D eigenvalue weighted by molar-refractivity contribution is -0.140. The minimum Gasteiger partial charge on any atom is -0.493 e. The van der Waals surface area contributed by atoms with E-state index in [1.165, 1.54) is 0 Å².